The third kappa shape index (κ3) is 7.61. The molecule has 0 radical (unpaired) electrons. The van der Waals surface area contributed by atoms with E-state index in [1.54, 1.807) is 0 Å². The molecule has 2 heteroatoms. The zero-order chi connectivity index (χ0) is 64.3. The van der Waals surface area contributed by atoms with E-state index in [4.69, 9.17) is 0 Å². The number of nitrogens with zero attached hydrogens (tertiary/aromatic N) is 2. The van der Waals surface area contributed by atoms with Gasteiger partial charge in [-0.3, -0.25) is 0 Å². The van der Waals surface area contributed by atoms with E-state index in [9.17, 15) is 0 Å². The average Bonchev–Trinajstić information content (AvgIpc) is 1.50. The molecule has 0 aromatic heterocycles. The maximum Gasteiger partial charge on any atom is 0.0732 e. The Bertz CT molecular complexity index is 5880. The molecule has 4 aliphatic rings. The Morgan fingerprint density at radius 3 is 1.24 bits per heavy atom. The minimum absolute atomic E-state index is 0.416. The van der Waals surface area contributed by atoms with Crippen molar-refractivity contribution in [3.8, 4) is 55.6 Å². The van der Waals surface area contributed by atoms with E-state index in [2.05, 4.69) is 358 Å². The predicted molar refractivity (Wildman–Crippen MR) is 407 cm³/mol. The van der Waals surface area contributed by atoms with Crippen LogP contribution >= 0.6 is 0 Å². The van der Waals surface area contributed by atoms with Crippen LogP contribution in [0.5, 0.6) is 0 Å². The highest BCUT2D eigenvalue weighted by Crippen LogP contribution is 2.69. The van der Waals surface area contributed by atoms with Crippen molar-refractivity contribution in [1.82, 2.24) is 0 Å². The smallest absolute Gasteiger partial charge is 0.0732 e. The van der Waals surface area contributed by atoms with Crippen LogP contribution in [0.3, 0.4) is 0 Å². The number of fused-ring (bicyclic) bond motifs is 28. The zero-order valence-corrected chi connectivity index (χ0v) is 54.4. The number of benzene rings is 16. The van der Waals surface area contributed by atoms with Gasteiger partial charge in [-0.25, -0.2) is 0 Å². The summed E-state index contributed by atoms with van der Waals surface area (Å²) < 4.78 is 0. The molecule has 16 aromatic rings. The van der Waals surface area contributed by atoms with Crippen LogP contribution < -0.4 is 9.80 Å². The Balaban J connectivity index is 0.825. The number of rotatable bonds is 9. The molecule has 0 saturated heterocycles. The van der Waals surface area contributed by atoms with Crippen molar-refractivity contribution in [1.29, 1.82) is 0 Å². The van der Waals surface area contributed by atoms with E-state index in [1.807, 2.05) is 0 Å². The molecule has 0 bridgehead atoms. The van der Waals surface area contributed by atoms with Gasteiger partial charge in [-0.2, -0.15) is 0 Å². The van der Waals surface area contributed by atoms with Crippen molar-refractivity contribution in [2.75, 3.05) is 9.80 Å². The molecule has 0 amide bonds. The summed E-state index contributed by atoms with van der Waals surface area (Å²) in [6.45, 7) is 6.80. The van der Waals surface area contributed by atoms with Gasteiger partial charge in [-0.1, -0.05) is 288 Å². The van der Waals surface area contributed by atoms with Crippen LogP contribution in [-0.4, -0.2) is 0 Å². The van der Waals surface area contributed by atoms with Crippen molar-refractivity contribution in [3.05, 3.63) is 383 Å². The largest absolute Gasteiger partial charge is 0.310 e. The van der Waals surface area contributed by atoms with Gasteiger partial charge >= 0.3 is 0 Å². The molecule has 2 spiro atoms. The lowest BCUT2D eigenvalue weighted by Gasteiger charge is -2.34. The molecule has 0 atom stereocenters. The molecule has 0 N–H and O–H groups in total. The highest BCUT2D eigenvalue weighted by Gasteiger charge is 2.55. The maximum atomic E-state index is 2.60. The normalized spacial score (nSPS) is 13.6. The molecule has 0 saturated carbocycles. The first-order chi connectivity index (χ1) is 47.9. The van der Waals surface area contributed by atoms with Crippen molar-refractivity contribution in [3.63, 3.8) is 0 Å². The van der Waals surface area contributed by atoms with Crippen molar-refractivity contribution in [2.45, 2.75) is 43.9 Å². The Morgan fingerprint density at radius 2 is 0.691 bits per heavy atom. The van der Waals surface area contributed by atoms with Crippen LogP contribution in [0.15, 0.2) is 328 Å². The van der Waals surface area contributed by atoms with Crippen LogP contribution in [0.4, 0.5) is 34.1 Å². The first-order valence-electron chi connectivity index (χ1n) is 34.5. The van der Waals surface area contributed by atoms with Gasteiger partial charge in [-0.15, -0.1) is 0 Å². The molecule has 0 heterocycles. The number of hydrogen-bond donors (Lipinski definition) is 0. The predicted octanol–water partition coefficient (Wildman–Crippen LogP) is 25.3. The van der Waals surface area contributed by atoms with Crippen LogP contribution in [0.2, 0.25) is 0 Å². The second-order valence-electron chi connectivity index (χ2n) is 27.3. The highest BCUT2D eigenvalue weighted by atomic mass is 15.2. The van der Waals surface area contributed by atoms with E-state index >= 15 is 0 Å². The second-order valence-corrected chi connectivity index (χ2v) is 27.3. The molecule has 0 unspecified atom stereocenters. The fraction of sp³-hybridized carbons (Fsp3) is 0.0737. The molecule has 0 aliphatic heterocycles. The maximum absolute atomic E-state index is 2.60. The first kappa shape index (κ1) is 55.6. The summed E-state index contributed by atoms with van der Waals surface area (Å²) in [5.74, 6) is 0.416. The number of anilines is 6. The van der Waals surface area contributed by atoms with Crippen LogP contribution in [0, 0.1) is 0 Å². The van der Waals surface area contributed by atoms with E-state index in [0.717, 1.165) is 46.1 Å². The van der Waals surface area contributed by atoms with Gasteiger partial charge < -0.3 is 9.80 Å². The Kier molecular flexibility index (Phi) is 12.1. The summed E-state index contributed by atoms with van der Waals surface area (Å²) in [5, 5.41) is 9.93. The Hall–Kier alpha value is -11.8. The van der Waals surface area contributed by atoms with Crippen molar-refractivity contribution in [2.24, 2.45) is 0 Å². The molecule has 16 aromatic carbocycles. The standard InChI is InChI=1S/C95H66N2/c1-4-60-44-49-65(50-45-60)97(89-58-86-90(78-37-13-11-35-76(78)89)80-53-48-62-24-8-9-29-69(62)92(80)94(86)82-40-18-14-30-71(82)72-31-15-19-41-83(72)94)67-28-22-25-63(56-67)68-38-23-39-79-70(68)54-55-81-91-77-36-12-10-34-75(77)88(96(64-26-6-5-7-27-64)66-51-46-61(47-52-66)59(2)3)57-87(91)95(93(79)81)84-42-20-16-32-73(84)74-33-17-21-43-85(74)95/h5-59H,4H2,1-3H3. The fourth-order valence-corrected chi connectivity index (χ4v) is 18.4. The summed E-state index contributed by atoms with van der Waals surface area (Å²) in [6, 6.07) is 125. The van der Waals surface area contributed by atoms with Crippen LogP contribution in [0.1, 0.15) is 82.3 Å². The average molecular weight is 1240 g/mol. The summed E-state index contributed by atoms with van der Waals surface area (Å²) in [4.78, 5) is 5.06. The lowest BCUT2D eigenvalue weighted by atomic mass is 9.69. The minimum Gasteiger partial charge on any atom is -0.310 e. The number of hydrogen-bond acceptors (Lipinski definition) is 2. The topological polar surface area (TPSA) is 6.48 Å². The second kappa shape index (κ2) is 21.1. The third-order valence-electron chi connectivity index (χ3n) is 22.4. The van der Waals surface area contributed by atoms with Crippen molar-refractivity contribution >= 4 is 77.2 Å². The molecule has 20 rings (SSSR count). The lowest BCUT2D eigenvalue weighted by molar-refractivity contribution is 0.802. The minimum atomic E-state index is -0.666. The monoisotopic (exact) mass is 1230 g/mol. The molecule has 4 aliphatic carbocycles. The van der Waals surface area contributed by atoms with Crippen LogP contribution in [0.25, 0.3) is 98.7 Å². The fourth-order valence-electron chi connectivity index (χ4n) is 18.4. The van der Waals surface area contributed by atoms with Gasteiger partial charge in [0.1, 0.15) is 0 Å². The van der Waals surface area contributed by atoms with Gasteiger partial charge in [0.25, 0.3) is 0 Å². The van der Waals surface area contributed by atoms with Crippen molar-refractivity contribution < 1.29 is 0 Å². The lowest BCUT2D eigenvalue weighted by Crippen LogP contribution is -2.26. The highest BCUT2D eigenvalue weighted by molar-refractivity contribution is 6.18. The van der Waals surface area contributed by atoms with Crippen LogP contribution in [-0.2, 0) is 17.3 Å². The van der Waals surface area contributed by atoms with E-state index in [-0.39, 0.29) is 0 Å². The molecular weight excluding hydrogens is 1170 g/mol. The first-order valence-corrected chi connectivity index (χ1v) is 34.5. The number of aryl methyl sites for hydroxylation is 1. The summed E-state index contributed by atoms with van der Waals surface area (Å²) in [7, 11) is 0. The van der Waals surface area contributed by atoms with Gasteiger partial charge in [0, 0.05) is 33.5 Å². The summed E-state index contributed by atoms with van der Waals surface area (Å²) in [5.41, 5.74) is 31.5. The Labute approximate surface area is 566 Å². The van der Waals surface area contributed by atoms with Gasteiger partial charge in [0.15, 0.2) is 0 Å². The Morgan fingerprint density at radius 1 is 0.278 bits per heavy atom. The van der Waals surface area contributed by atoms with Gasteiger partial charge in [0.05, 0.1) is 22.2 Å². The molecule has 97 heavy (non-hydrogen) atoms. The van der Waals surface area contributed by atoms with Gasteiger partial charge in [0.2, 0.25) is 0 Å². The molecule has 2 nitrogen and oxygen atoms in total. The van der Waals surface area contributed by atoms with E-state index in [0.29, 0.717) is 5.92 Å². The third-order valence-corrected chi connectivity index (χ3v) is 22.4. The summed E-state index contributed by atoms with van der Waals surface area (Å²) >= 11 is 0. The molecule has 456 valence electrons. The van der Waals surface area contributed by atoms with E-state index < -0.39 is 10.8 Å². The van der Waals surface area contributed by atoms with Gasteiger partial charge in [-0.05, 0) is 217 Å². The summed E-state index contributed by atoms with van der Waals surface area (Å²) in [6.07, 6.45) is 0.954. The number of para-hydroxylation sites is 1. The SMILES string of the molecule is CCc1ccc(N(c2cccc(-c3cccc4c5c(ccc34)-c3c(cc(N(c4ccccc4)c4ccc(C(C)C)cc4)c4ccccc34)C53c4ccccc4-c4ccccc43)c2)c2cc3c(c4ccccc24)-c2ccc4ccccc4c2C32c3ccccc3-c3ccccc32)cc1. The molecule has 0 fully saturated rings. The van der Waals surface area contributed by atoms with E-state index in [1.165, 1.54) is 149 Å². The zero-order valence-electron chi connectivity index (χ0n) is 54.4. The molecular formula is C95H66N2. The quantitative estimate of drug-likeness (QED) is 0.142.